The quantitative estimate of drug-likeness (QED) is 0.838. The number of benzene rings is 1. The highest BCUT2D eigenvalue weighted by Gasteiger charge is 2.30. The smallest absolute Gasteiger partial charge is 0.387 e. The van der Waals surface area contributed by atoms with E-state index in [1.165, 1.54) is 30.8 Å². The Bertz CT molecular complexity index is 539. The van der Waals surface area contributed by atoms with E-state index >= 15 is 0 Å². The number of ether oxygens (including phenoxy) is 1. The molecule has 0 radical (unpaired) electrons. The van der Waals surface area contributed by atoms with Crippen LogP contribution in [0.1, 0.15) is 18.9 Å². The fourth-order valence-corrected chi connectivity index (χ4v) is 3.19. The van der Waals surface area contributed by atoms with Crippen LogP contribution in [-0.4, -0.2) is 34.3 Å². The van der Waals surface area contributed by atoms with Crippen molar-refractivity contribution in [1.82, 2.24) is 4.90 Å². The van der Waals surface area contributed by atoms with Crippen LogP contribution in [0.3, 0.4) is 0 Å². The van der Waals surface area contributed by atoms with Crippen molar-refractivity contribution < 1.29 is 23.1 Å². The Labute approximate surface area is 125 Å². The summed E-state index contributed by atoms with van der Waals surface area (Å²) in [6, 6.07) is 6.28. The van der Waals surface area contributed by atoms with Crippen molar-refractivity contribution in [2.75, 3.05) is 6.54 Å². The molecule has 0 spiro atoms. The van der Waals surface area contributed by atoms with Crippen LogP contribution in [0.15, 0.2) is 24.3 Å². The molecule has 21 heavy (non-hydrogen) atoms. The molecule has 7 heteroatoms. The average Bonchev–Trinajstić information content (AvgIpc) is 2.68. The number of amides is 1. The number of alkyl halides is 2. The summed E-state index contributed by atoms with van der Waals surface area (Å²) in [4.78, 5) is 24.6. The van der Waals surface area contributed by atoms with E-state index in [0.29, 0.717) is 19.5 Å². The molecule has 1 unspecified atom stereocenters. The molecule has 4 nitrogen and oxygen atoms in total. The van der Waals surface area contributed by atoms with Gasteiger partial charge in [0.2, 0.25) is 5.91 Å². The van der Waals surface area contributed by atoms with Crippen molar-refractivity contribution in [2.45, 2.75) is 31.8 Å². The normalized spacial score (nSPS) is 18.4. The minimum absolute atomic E-state index is 0.0121. The van der Waals surface area contributed by atoms with Crippen LogP contribution in [0.2, 0.25) is 0 Å². The number of thioether (sulfide) groups is 1. The van der Waals surface area contributed by atoms with E-state index in [4.69, 9.17) is 0 Å². The molecular weight excluding hydrogens is 300 g/mol. The maximum Gasteiger partial charge on any atom is 0.387 e. The van der Waals surface area contributed by atoms with Crippen LogP contribution in [0.5, 0.6) is 5.75 Å². The maximum atomic E-state index is 12.2. The first kappa shape index (κ1) is 15.8. The van der Waals surface area contributed by atoms with Gasteiger partial charge in [-0.05, 0) is 17.7 Å². The molecule has 0 saturated carbocycles. The van der Waals surface area contributed by atoms with Crippen LogP contribution in [-0.2, 0) is 16.1 Å². The third-order valence-corrected chi connectivity index (χ3v) is 3.99. The summed E-state index contributed by atoms with van der Waals surface area (Å²) in [6.07, 6.45) is 0.331. The lowest BCUT2D eigenvalue weighted by atomic mass is 10.2. The molecule has 1 saturated heterocycles. The SMILES string of the molecule is CC(=O)SC1CC(=O)N(Cc2cccc(OC(F)F)c2)C1. The summed E-state index contributed by atoms with van der Waals surface area (Å²) in [5.41, 5.74) is 0.718. The molecule has 1 aliphatic heterocycles. The van der Waals surface area contributed by atoms with Crippen molar-refractivity contribution in [3.63, 3.8) is 0 Å². The van der Waals surface area contributed by atoms with Crippen molar-refractivity contribution in [3.05, 3.63) is 29.8 Å². The second kappa shape index (κ2) is 6.89. The summed E-state index contributed by atoms with van der Waals surface area (Å²) >= 11 is 1.17. The molecule has 1 heterocycles. The van der Waals surface area contributed by atoms with Gasteiger partial charge in [0.25, 0.3) is 0 Å². The zero-order chi connectivity index (χ0) is 15.4. The molecule has 114 valence electrons. The van der Waals surface area contributed by atoms with Crippen molar-refractivity contribution in [3.8, 4) is 5.75 Å². The Morgan fingerprint density at radius 2 is 2.29 bits per heavy atom. The third kappa shape index (κ3) is 4.70. The van der Waals surface area contributed by atoms with Crippen molar-refractivity contribution in [2.24, 2.45) is 0 Å². The van der Waals surface area contributed by atoms with Gasteiger partial charge in [-0.2, -0.15) is 8.78 Å². The van der Waals surface area contributed by atoms with Gasteiger partial charge in [0.15, 0.2) is 5.12 Å². The maximum absolute atomic E-state index is 12.2. The second-order valence-electron chi connectivity index (χ2n) is 4.74. The standard InChI is InChI=1S/C14H15F2NO3S/c1-9(18)21-12-6-13(19)17(8-12)7-10-3-2-4-11(5-10)20-14(15)16/h2-5,12,14H,6-8H2,1H3. The average molecular weight is 315 g/mol. The molecule has 1 amide bonds. The van der Waals surface area contributed by atoms with Gasteiger partial charge in [0.05, 0.1) is 0 Å². The van der Waals surface area contributed by atoms with Gasteiger partial charge in [0, 0.05) is 31.7 Å². The monoisotopic (exact) mass is 315 g/mol. The van der Waals surface area contributed by atoms with E-state index in [0.717, 1.165) is 5.56 Å². The summed E-state index contributed by atoms with van der Waals surface area (Å²) < 4.78 is 28.7. The lowest BCUT2D eigenvalue weighted by molar-refractivity contribution is -0.128. The van der Waals surface area contributed by atoms with Gasteiger partial charge in [-0.3, -0.25) is 9.59 Å². The first-order valence-corrected chi connectivity index (χ1v) is 7.31. The largest absolute Gasteiger partial charge is 0.435 e. The van der Waals surface area contributed by atoms with Gasteiger partial charge in [-0.25, -0.2) is 0 Å². The lowest BCUT2D eigenvalue weighted by Crippen LogP contribution is -2.25. The van der Waals surface area contributed by atoms with E-state index in [9.17, 15) is 18.4 Å². The first-order valence-electron chi connectivity index (χ1n) is 6.43. The van der Waals surface area contributed by atoms with Crippen molar-refractivity contribution >= 4 is 22.8 Å². The first-order chi connectivity index (χ1) is 9.94. The van der Waals surface area contributed by atoms with E-state index in [1.54, 1.807) is 17.0 Å². The number of likely N-dealkylation sites (tertiary alicyclic amines) is 1. The fourth-order valence-electron chi connectivity index (χ4n) is 2.24. The van der Waals surface area contributed by atoms with E-state index < -0.39 is 6.61 Å². The molecule has 1 aromatic rings. The molecule has 0 N–H and O–H groups in total. The molecule has 1 aromatic carbocycles. The van der Waals surface area contributed by atoms with Gasteiger partial charge < -0.3 is 9.64 Å². The van der Waals surface area contributed by atoms with Gasteiger partial charge >= 0.3 is 6.61 Å². The van der Waals surface area contributed by atoms with Gasteiger partial charge in [-0.1, -0.05) is 23.9 Å². The Morgan fingerprint density at radius 3 is 2.95 bits per heavy atom. The summed E-state index contributed by atoms with van der Waals surface area (Å²) in [6.45, 7) is -0.578. The predicted octanol–water partition coefficient (Wildman–Crippen LogP) is 2.67. The molecule has 1 atom stereocenters. The zero-order valence-corrected chi connectivity index (χ0v) is 12.2. The Morgan fingerprint density at radius 1 is 1.52 bits per heavy atom. The number of hydrogen-bond donors (Lipinski definition) is 0. The number of halogens is 2. The zero-order valence-electron chi connectivity index (χ0n) is 11.4. The number of rotatable bonds is 5. The molecule has 0 bridgehead atoms. The highest BCUT2D eigenvalue weighted by atomic mass is 32.2. The van der Waals surface area contributed by atoms with E-state index in [2.05, 4.69) is 4.74 Å². The van der Waals surface area contributed by atoms with Crippen LogP contribution in [0.25, 0.3) is 0 Å². The number of carbonyl (C=O) groups is 2. The number of carbonyl (C=O) groups excluding carboxylic acids is 2. The summed E-state index contributed by atoms with van der Waals surface area (Å²) in [7, 11) is 0. The summed E-state index contributed by atoms with van der Waals surface area (Å²) in [5.74, 6) is 0.0396. The Hall–Kier alpha value is -1.63. The van der Waals surface area contributed by atoms with Crippen LogP contribution in [0.4, 0.5) is 8.78 Å². The molecule has 1 fully saturated rings. The molecule has 0 aliphatic carbocycles. The third-order valence-electron chi connectivity index (χ3n) is 3.01. The second-order valence-corrected chi connectivity index (χ2v) is 6.21. The fraction of sp³-hybridized carbons (Fsp3) is 0.429. The number of nitrogens with zero attached hydrogens (tertiary/aromatic N) is 1. The molecule has 0 aromatic heterocycles. The predicted molar refractivity (Wildman–Crippen MR) is 75.2 cm³/mol. The minimum Gasteiger partial charge on any atom is -0.435 e. The molecule has 2 rings (SSSR count). The van der Waals surface area contributed by atoms with Crippen molar-refractivity contribution in [1.29, 1.82) is 0 Å². The van der Waals surface area contributed by atoms with Gasteiger partial charge in [-0.15, -0.1) is 0 Å². The van der Waals surface area contributed by atoms with E-state index in [-0.39, 0.29) is 22.0 Å². The van der Waals surface area contributed by atoms with Gasteiger partial charge in [0.1, 0.15) is 5.75 Å². The van der Waals surface area contributed by atoms with E-state index in [1.807, 2.05) is 0 Å². The minimum atomic E-state index is -2.87. The number of hydrogen-bond acceptors (Lipinski definition) is 4. The summed E-state index contributed by atoms with van der Waals surface area (Å²) in [5, 5.41) is -0.0440. The molecule has 1 aliphatic rings. The highest BCUT2D eigenvalue weighted by molar-refractivity contribution is 8.14. The Balaban J connectivity index is 1.98. The molecular formula is C14H15F2NO3S. The van der Waals surface area contributed by atoms with Crippen LogP contribution in [0, 0.1) is 0 Å². The van der Waals surface area contributed by atoms with Crippen LogP contribution < -0.4 is 4.74 Å². The highest BCUT2D eigenvalue weighted by Crippen LogP contribution is 2.26. The lowest BCUT2D eigenvalue weighted by Gasteiger charge is -2.17. The topological polar surface area (TPSA) is 46.6 Å². The Kier molecular flexibility index (Phi) is 5.17. The van der Waals surface area contributed by atoms with Crippen LogP contribution >= 0.6 is 11.8 Å².